The number of fused-ring (bicyclic) bond motifs is 1. The van der Waals surface area contributed by atoms with Gasteiger partial charge in [0.25, 0.3) is 5.88 Å². The van der Waals surface area contributed by atoms with Crippen molar-refractivity contribution < 1.29 is 9.53 Å². The maximum absolute atomic E-state index is 12.8. The number of rotatable bonds is 3. The number of hydrogen-bond donors (Lipinski definition) is 1. The number of hydrogen-bond acceptors (Lipinski definition) is 5. The first-order valence-electron chi connectivity index (χ1n) is 9.43. The highest BCUT2D eigenvalue weighted by molar-refractivity contribution is 6.31. The number of nitrogens with zero attached hydrogens (tertiary/aromatic N) is 4. The number of aromatic nitrogens is 2. The van der Waals surface area contributed by atoms with Gasteiger partial charge >= 0.3 is 6.03 Å². The molecule has 0 unspecified atom stereocenters. The van der Waals surface area contributed by atoms with Crippen molar-refractivity contribution in [3.63, 3.8) is 0 Å². The largest absolute Gasteiger partial charge is 0.478 e. The van der Waals surface area contributed by atoms with E-state index >= 15 is 0 Å². The Morgan fingerprint density at radius 3 is 2.55 bits per heavy atom. The van der Waals surface area contributed by atoms with E-state index in [0.717, 1.165) is 13.1 Å². The molecular formula is C21H22ClN5O2. The number of benzene rings is 2. The summed E-state index contributed by atoms with van der Waals surface area (Å²) in [6.45, 7) is 4.90. The molecule has 1 N–H and O–H groups in total. The Labute approximate surface area is 174 Å². The first kappa shape index (κ1) is 19.3. The van der Waals surface area contributed by atoms with Gasteiger partial charge in [-0.2, -0.15) is 0 Å². The van der Waals surface area contributed by atoms with E-state index in [4.69, 9.17) is 16.3 Å². The molecule has 0 saturated carbocycles. The SMILES string of the molecule is COc1nc2cc(Cl)ccc2nc1NC(=O)N1CCN(c2ccccc2C)CC1. The van der Waals surface area contributed by atoms with Gasteiger partial charge in [0.2, 0.25) is 0 Å². The predicted molar refractivity (Wildman–Crippen MR) is 115 cm³/mol. The van der Waals surface area contributed by atoms with E-state index in [9.17, 15) is 4.79 Å². The van der Waals surface area contributed by atoms with Gasteiger partial charge in [0, 0.05) is 36.9 Å². The van der Waals surface area contributed by atoms with Crippen LogP contribution in [0.4, 0.5) is 16.3 Å². The predicted octanol–water partition coefficient (Wildman–Crippen LogP) is 3.95. The Kier molecular flexibility index (Phi) is 5.40. The summed E-state index contributed by atoms with van der Waals surface area (Å²) >= 11 is 6.02. The fraction of sp³-hybridized carbons (Fsp3) is 0.286. The molecule has 29 heavy (non-hydrogen) atoms. The van der Waals surface area contributed by atoms with Gasteiger partial charge in [-0.15, -0.1) is 0 Å². The van der Waals surface area contributed by atoms with E-state index in [-0.39, 0.29) is 11.9 Å². The molecule has 0 aliphatic carbocycles. The van der Waals surface area contributed by atoms with Gasteiger partial charge in [-0.1, -0.05) is 29.8 Å². The lowest BCUT2D eigenvalue weighted by Crippen LogP contribution is -2.50. The number of para-hydroxylation sites is 1. The van der Waals surface area contributed by atoms with Crippen LogP contribution in [0.5, 0.6) is 5.88 Å². The number of anilines is 2. The van der Waals surface area contributed by atoms with Crippen LogP contribution in [0.25, 0.3) is 11.0 Å². The Morgan fingerprint density at radius 2 is 1.83 bits per heavy atom. The van der Waals surface area contributed by atoms with E-state index in [1.54, 1.807) is 23.1 Å². The maximum atomic E-state index is 12.8. The summed E-state index contributed by atoms with van der Waals surface area (Å²) in [5.74, 6) is 0.556. The highest BCUT2D eigenvalue weighted by Gasteiger charge is 2.23. The molecule has 2 heterocycles. The summed E-state index contributed by atoms with van der Waals surface area (Å²) < 4.78 is 5.31. The van der Waals surface area contributed by atoms with Gasteiger partial charge in [0.1, 0.15) is 0 Å². The molecule has 1 aliphatic heterocycles. The van der Waals surface area contributed by atoms with Crippen LogP contribution < -0.4 is 15.0 Å². The number of carbonyl (C=O) groups is 1. The molecule has 0 spiro atoms. The molecule has 2 aromatic carbocycles. The highest BCUT2D eigenvalue weighted by Crippen LogP contribution is 2.26. The number of methoxy groups -OCH3 is 1. The van der Waals surface area contributed by atoms with Crippen LogP contribution in [-0.2, 0) is 0 Å². The first-order valence-corrected chi connectivity index (χ1v) is 9.81. The third-order valence-electron chi connectivity index (χ3n) is 5.04. The lowest BCUT2D eigenvalue weighted by Gasteiger charge is -2.36. The van der Waals surface area contributed by atoms with Crippen LogP contribution in [0.1, 0.15) is 5.56 Å². The topological polar surface area (TPSA) is 70.6 Å². The van der Waals surface area contributed by atoms with Crippen LogP contribution in [-0.4, -0.2) is 54.2 Å². The minimum atomic E-state index is -0.213. The highest BCUT2D eigenvalue weighted by atomic mass is 35.5. The van der Waals surface area contributed by atoms with Crippen molar-refractivity contribution in [2.24, 2.45) is 0 Å². The molecule has 1 fully saturated rings. The minimum absolute atomic E-state index is 0.213. The van der Waals surface area contributed by atoms with Crippen molar-refractivity contribution in [2.75, 3.05) is 43.5 Å². The minimum Gasteiger partial charge on any atom is -0.478 e. The monoisotopic (exact) mass is 411 g/mol. The Balaban J connectivity index is 1.46. The standard InChI is InChI=1S/C21H22ClN5O2/c1-14-5-3-4-6-18(14)26-9-11-27(12-10-26)21(28)25-19-20(29-2)24-17-13-15(22)7-8-16(17)23-19/h3-8,13H,9-12H2,1-2H3,(H,23,25,28). The maximum Gasteiger partial charge on any atom is 0.323 e. The quantitative estimate of drug-likeness (QED) is 0.706. The number of piperazine rings is 1. The normalized spacial score (nSPS) is 14.2. The lowest BCUT2D eigenvalue weighted by molar-refractivity contribution is 0.208. The Hall–Kier alpha value is -3.06. The molecule has 8 heteroatoms. The molecule has 1 saturated heterocycles. The van der Waals surface area contributed by atoms with E-state index in [2.05, 4.69) is 39.2 Å². The third-order valence-corrected chi connectivity index (χ3v) is 5.27. The van der Waals surface area contributed by atoms with Crippen molar-refractivity contribution >= 4 is 40.2 Å². The smallest absolute Gasteiger partial charge is 0.323 e. The summed E-state index contributed by atoms with van der Waals surface area (Å²) in [5.41, 5.74) is 3.70. The van der Waals surface area contributed by atoms with Crippen molar-refractivity contribution in [3.8, 4) is 5.88 Å². The van der Waals surface area contributed by atoms with E-state index < -0.39 is 0 Å². The van der Waals surface area contributed by atoms with Gasteiger partial charge in [-0.05, 0) is 36.8 Å². The van der Waals surface area contributed by atoms with Crippen LogP contribution in [0.3, 0.4) is 0 Å². The summed E-state index contributed by atoms with van der Waals surface area (Å²) in [7, 11) is 1.50. The second-order valence-electron chi connectivity index (χ2n) is 6.91. The number of aryl methyl sites for hydroxylation is 1. The molecule has 1 aromatic heterocycles. The zero-order valence-corrected chi connectivity index (χ0v) is 17.1. The van der Waals surface area contributed by atoms with E-state index in [1.165, 1.54) is 18.4 Å². The van der Waals surface area contributed by atoms with Gasteiger partial charge < -0.3 is 14.5 Å². The zero-order chi connectivity index (χ0) is 20.4. The molecule has 150 valence electrons. The number of carbonyl (C=O) groups excluding carboxylic acids is 1. The molecule has 7 nitrogen and oxygen atoms in total. The van der Waals surface area contributed by atoms with Gasteiger partial charge in [-0.3, -0.25) is 5.32 Å². The number of ether oxygens (including phenoxy) is 1. The molecule has 0 atom stereocenters. The van der Waals surface area contributed by atoms with Crippen molar-refractivity contribution in [1.82, 2.24) is 14.9 Å². The summed E-state index contributed by atoms with van der Waals surface area (Å²) in [6.07, 6.45) is 0. The molecule has 4 rings (SSSR count). The molecule has 0 bridgehead atoms. The summed E-state index contributed by atoms with van der Waals surface area (Å²) in [6, 6.07) is 13.3. The van der Waals surface area contributed by atoms with Crippen molar-refractivity contribution in [3.05, 3.63) is 53.1 Å². The summed E-state index contributed by atoms with van der Waals surface area (Å²) in [4.78, 5) is 25.8. The Bertz CT molecular complexity index is 1050. The second-order valence-corrected chi connectivity index (χ2v) is 7.34. The lowest BCUT2D eigenvalue weighted by atomic mass is 10.1. The van der Waals surface area contributed by atoms with Crippen LogP contribution in [0.2, 0.25) is 5.02 Å². The average molecular weight is 412 g/mol. The van der Waals surface area contributed by atoms with E-state index in [1.807, 2.05) is 12.1 Å². The number of halogens is 1. The zero-order valence-electron chi connectivity index (χ0n) is 16.4. The fourth-order valence-corrected chi connectivity index (χ4v) is 3.65. The number of amides is 2. The molecule has 2 amide bonds. The van der Waals surface area contributed by atoms with Gasteiger partial charge in [0.05, 0.1) is 18.1 Å². The molecule has 0 radical (unpaired) electrons. The van der Waals surface area contributed by atoms with Crippen LogP contribution in [0.15, 0.2) is 42.5 Å². The van der Waals surface area contributed by atoms with Crippen LogP contribution in [0, 0.1) is 6.92 Å². The van der Waals surface area contributed by atoms with Gasteiger partial charge in [0.15, 0.2) is 5.82 Å². The summed E-state index contributed by atoms with van der Waals surface area (Å²) in [5, 5.41) is 3.41. The number of nitrogens with one attached hydrogen (secondary N) is 1. The van der Waals surface area contributed by atoms with Crippen LogP contribution >= 0.6 is 11.6 Å². The first-order chi connectivity index (χ1) is 14.0. The number of urea groups is 1. The second kappa shape index (κ2) is 8.13. The Morgan fingerprint density at radius 1 is 1.07 bits per heavy atom. The molecule has 3 aromatic rings. The van der Waals surface area contributed by atoms with E-state index in [0.29, 0.717) is 35.0 Å². The fourth-order valence-electron chi connectivity index (χ4n) is 3.48. The average Bonchev–Trinajstić information content (AvgIpc) is 2.74. The van der Waals surface area contributed by atoms with Crippen molar-refractivity contribution in [2.45, 2.75) is 6.92 Å². The van der Waals surface area contributed by atoms with Crippen molar-refractivity contribution in [1.29, 1.82) is 0 Å². The van der Waals surface area contributed by atoms with Gasteiger partial charge in [-0.25, -0.2) is 14.8 Å². The molecule has 1 aliphatic rings. The third kappa shape index (κ3) is 4.05. The molecular weight excluding hydrogens is 390 g/mol.